The van der Waals surface area contributed by atoms with Crippen LogP contribution in [0.2, 0.25) is 0 Å². The lowest BCUT2D eigenvalue weighted by molar-refractivity contribution is -0.127. The predicted octanol–water partition coefficient (Wildman–Crippen LogP) is 2.67. The number of nitrogens with zero attached hydrogens (tertiary/aromatic N) is 1. The first-order valence-electron chi connectivity index (χ1n) is 8.80. The second kappa shape index (κ2) is 7.93. The van der Waals surface area contributed by atoms with Gasteiger partial charge in [-0.25, -0.2) is 0 Å². The van der Waals surface area contributed by atoms with E-state index < -0.39 is 5.54 Å². The molecule has 23 heavy (non-hydrogen) atoms. The summed E-state index contributed by atoms with van der Waals surface area (Å²) >= 11 is 0. The summed E-state index contributed by atoms with van der Waals surface area (Å²) in [6.45, 7) is 8.13. The van der Waals surface area contributed by atoms with E-state index in [0.717, 1.165) is 38.8 Å². The number of likely N-dealkylation sites (tertiary alicyclic amines) is 1. The van der Waals surface area contributed by atoms with Crippen LogP contribution in [-0.2, 0) is 11.3 Å². The molecule has 1 aromatic carbocycles. The van der Waals surface area contributed by atoms with Gasteiger partial charge in [-0.2, -0.15) is 0 Å². The zero-order valence-electron chi connectivity index (χ0n) is 14.7. The van der Waals surface area contributed by atoms with Crippen LogP contribution in [0.4, 0.5) is 0 Å². The normalized spacial score (nSPS) is 24.9. The number of hydrogen-bond acceptors (Lipinski definition) is 3. The van der Waals surface area contributed by atoms with E-state index in [2.05, 4.69) is 54.4 Å². The minimum atomic E-state index is -0.751. The number of carbonyl (C=O) groups excluding carboxylic acids is 1. The minimum absolute atomic E-state index is 0.00643. The molecule has 0 aliphatic carbocycles. The van der Waals surface area contributed by atoms with Crippen molar-refractivity contribution in [3.63, 3.8) is 0 Å². The molecule has 1 fully saturated rings. The van der Waals surface area contributed by atoms with Crippen LogP contribution in [0.1, 0.15) is 52.0 Å². The van der Waals surface area contributed by atoms with Gasteiger partial charge in [-0.1, -0.05) is 43.7 Å². The summed E-state index contributed by atoms with van der Waals surface area (Å²) in [7, 11) is 0. The Morgan fingerprint density at radius 1 is 1.39 bits per heavy atom. The first kappa shape index (κ1) is 18.0. The van der Waals surface area contributed by atoms with Gasteiger partial charge < -0.3 is 11.1 Å². The van der Waals surface area contributed by atoms with Crippen LogP contribution in [0.5, 0.6) is 0 Å². The van der Waals surface area contributed by atoms with Crippen molar-refractivity contribution in [2.75, 3.05) is 6.54 Å². The van der Waals surface area contributed by atoms with Gasteiger partial charge in [-0.15, -0.1) is 0 Å². The van der Waals surface area contributed by atoms with Crippen LogP contribution in [0.15, 0.2) is 30.3 Å². The van der Waals surface area contributed by atoms with Crippen LogP contribution in [0, 0.1) is 0 Å². The number of amides is 1. The molecule has 3 N–H and O–H groups in total. The largest absolute Gasteiger partial charge is 0.352 e. The molecule has 0 radical (unpaired) electrons. The zero-order chi connectivity index (χ0) is 16.9. The maximum atomic E-state index is 12.4. The summed E-state index contributed by atoms with van der Waals surface area (Å²) in [6, 6.07) is 11.3. The van der Waals surface area contributed by atoms with Crippen molar-refractivity contribution in [1.29, 1.82) is 0 Å². The monoisotopic (exact) mass is 317 g/mol. The lowest BCUT2D eigenvalue weighted by Crippen LogP contribution is -2.56. The molecule has 4 nitrogen and oxygen atoms in total. The molecule has 0 bridgehead atoms. The lowest BCUT2D eigenvalue weighted by atomic mass is 9.93. The van der Waals surface area contributed by atoms with Crippen LogP contribution in [0.25, 0.3) is 0 Å². The summed E-state index contributed by atoms with van der Waals surface area (Å²) in [5.41, 5.74) is 6.73. The van der Waals surface area contributed by atoms with Gasteiger partial charge in [0.15, 0.2) is 0 Å². The van der Waals surface area contributed by atoms with E-state index in [-0.39, 0.29) is 11.9 Å². The molecule has 3 atom stereocenters. The fourth-order valence-electron chi connectivity index (χ4n) is 3.39. The number of nitrogens with two attached hydrogens (primary N) is 1. The molecule has 1 saturated heterocycles. The Bertz CT molecular complexity index is 501. The van der Waals surface area contributed by atoms with Crippen molar-refractivity contribution in [1.82, 2.24) is 10.2 Å². The van der Waals surface area contributed by atoms with E-state index in [1.165, 1.54) is 5.56 Å². The van der Waals surface area contributed by atoms with Gasteiger partial charge >= 0.3 is 0 Å². The molecule has 128 valence electrons. The maximum Gasteiger partial charge on any atom is 0.240 e. The van der Waals surface area contributed by atoms with Gasteiger partial charge in [0.05, 0.1) is 5.54 Å². The number of hydrogen-bond donors (Lipinski definition) is 2. The molecule has 1 aliphatic rings. The molecule has 1 amide bonds. The number of nitrogens with one attached hydrogen (secondary N) is 1. The summed E-state index contributed by atoms with van der Waals surface area (Å²) in [5, 5.41) is 3.17. The van der Waals surface area contributed by atoms with Crippen molar-refractivity contribution in [2.24, 2.45) is 5.73 Å². The lowest BCUT2D eigenvalue weighted by Gasteiger charge is -2.39. The smallest absolute Gasteiger partial charge is 0.240 e. The SMILES string of the molecule is CCCC(C)(N)C(=O)NC1CCN(Cc2ccccc2)C(C)C1. The van der Waals surface area contributed by atoms with Gasteiger partial charge in [-0.3, -0.25) is 9.69 Å². The Balaban J connectivity index is 1.85. The maximum absolute atomic E-state index is 12.4. The molecular weight excluding hydrogens is 286 g/mol. The van der Waals surface area contributed by atoms with Crippen LogP contribution in [-0.4, -0.2) is 35.0 Å². The summed E-state index contributed by atoms with van der Waals surface area (Å²) in [4.78, 5) is 14.8. The second-order valence-electron chi connectivity index (χ2n) is 7.17. The van der Waals surface area contributed by atoms with Gasteiger partial charge in [0, 0.05) is 25.2 Å². The Morgan fingerprint density at radius 2 is 2.09 bits per heavy atom. The third-order valence-electron chi connectivity index (χ3n) is 4.87. The fourth-order valence-corrected chi connectivity index (χ4v) is 3.39. The van der Waals surface area contributed by atoms with Crippen molar-refractivity contribution >= 4 is 5.91 Å². The van der Waals surface area contributed by atoms with Crippen LogP contribution < -0.4 is 11.1 Å². The summed E-state index contributed by atoms with van der Waals surface area (Å²) < 4.78 is 0. The van der Waals surface area contributed by atoms with E-state index in [0.29, 0.717) is 6.04 Å². The summed E-state index contributed by atoms with van der Waals surface area (Å²) in [6.07, 6.45) is 3.62. The molecule has 1 aromatic rings. The molecule has 0 aromatic heterocycles. The third kappa shape index (κ3) is 5.05. The highest BCUT2D eigenvalue weighted by molar-refractivity contribution is 5.85. The fraction of sp³-hybridized carbons (Fsp3) is 0.632. The van der Waals surface area contributed by atoms with E-state index in [1.54, 1.807) is 0 Å². The predicted molar refractivity (Wildman–Crippen MR) is 95.0 cm³/mol. The first-order chi connectivity index (χ1) is 10.9. The van der Waals surface area contributed by atoms with Crippen LogP contribution >= 0.6 is 0 Å². The first-order valence-corrected chi connectivity index (χ1v) is 8.80. The van der Waals surface area contributed by atoms with Crippen molar-refractivity contribution in [2.45, 2.75) is 70.6 Å². The quantitative estimate of drug-likeness (QED) is 0.848. The van der Waals surface area contributed by atoms with E-state index in [9.17, 15) is 4.79 Å². The minimum Gasteiger partial charge on any atom is -0.352 e. The highest BCUT2D eigenvalue weighted by Crippen LogP contribution is 2.20. The molecule has 0 spiro atoms. The summed E-state index contributed by atoms with van der Waals surface area (Å²) in [5.74, 6) is -0.00643. The molecule has 0 saturated carbocycles. The molecule has 1 aliphatic heterocycles. The van der Waals surface area contributed by atoms with Crippen LogP contribution in [0.3, 0.4) is 0 Å². The Kier molecular flexibility index (Phi) is 6.19. The zero-order valence-corrected chi connectivity index (χ0v) is 14.7. The Labute approximate surface area is 140 Å². The highest BCUT2D eigenvalue weighted by Gasteiger charge is 2.32. The molecular formula is C19H31N3O. The second-order valence-corrected chi connectivity index (χ2v) is 7.17. The average Bonchev–Trinajstić information content (AvgIpc) is 2.51. The Hall–Kier alpha value is -1.39. The van der Waals surface area contributed by atoms with Gasteiger partial charge in [0.2, 0.25) is 5.91 Å². The number of carbonyl (C=O) groups is 1. The van der Waals surface area contributed by atoms with Crippen molar-refractivity contribution < 1.29 is 4.79 Å². The Morgan fingerprint density at radius 3 is 2.70 bits per heavy atom. The number of rotatable bonds is 6. The number of benzene rings is 1. The molecule has 1 heterocycles. The van der Waals surface area contributed by atoms with Gasteiger partial charge in [-0.05, 0) is 38.7 Å². The van der Waals surface area contributed by atoms with E-state index in [1.807, 2.05) is 6.92 Å². The number of piperidine rings is 1. The average molecular weight is 317 g/mol. The van der Waals surface area contributed by atoms with Crippen molar-refractivity contribution in [3.05, 3.63) is 35.9 Å². The molecule has 4 heteroatoms. The highest BCUT2D eigenvalue weighted by atomic mass is 16.2. The molecule has 3 unspecified atom stereocenters. The van der Waals surface area contributed by atoms with Gasteiger partial charge in [0.1, 0.15) is 0 Å². The molecule has 2 rings (SSSR count). The van der Waals surface area contributed by atoms with E-state index in [4.69, 9.17) is 5.73 Å². The standard InChI is InChI=1S/C19H31N3O/c1-4-11-19(3,20)18(23)21-17-10-12-22(15(2)13-17)14-16-8-6-5-7-9-16/h5-9,15,17H,4,10-14,20H2,1-3H3,(H,21,23). The van der Waals surface area contributed by atoms with E-state index >= 15 is 0 Å². The third-order valence-corrected chi connectivity index (χ3v) is 4.87. The topological polar surface area (TPSA) is 58.4 Å². The van der Waals surface area contributed by atoms with Crippen molar-refractivity contribution in [3.8, 4) is 0 Å². The van der Waals surface area contributed by atoms with Gasteiger partial charge in [0.25, 0.3) is 0 Å².